The van der Waals surface area contributed by atoms with Crippen LogP contribution < -0.4 is 15.1 Å². The topological polar surface area (TPSA) is 36.3 Å². The van der Waals surface area contributed by atoms with E-state index in [1.807, 2.05) is 32.4 Å². The van der Waals surface area contributed by atoms with E-state index in [4.69, 9.17) is 12.2 Å². The average molecular weight is 406 g/mol. The molecule has 1 aliphatic heterocycles. The first-order chi connectivity index (χ1) is 13.9. The van der Waals surface area contributed by atoms with Crippen molar-refractivity contribution in [3.8, 4) is 0 Å². The van der Waals surface area contributed by atoms with Gasteiger partial charge in [0.2, 0.25) is 0 Å². The maximum atomic E-state index is 5.81. The second-order valence-electron chi connectivity index (χ2n) is 7.79. The molecule has 4 rings (SSSR count). The van der Waals surface area contributed by atoms with Gasteiger partial charge in [-0.2, -0.15) is 0 Å². The summed E-state index contributed by atoms with van der Waals surface area (Å²) >= 11 is 5.81. The molecule has 1 saturated heterocycles. The maximum Gasteiger partial charge on any atom is 0.174 e. The van der Waals surface area contributed by atoms with Crippen LogP contribution in [-0.4, -0.2) is 28.8 Å². The number of rotatable bonds is 4. The van der Waals surface area contributed by atoms with Crippen LogP contribution in [0.2, 0.25) is 0 Å². The zero-order valence-electron chi connectivity index (χ0n) is 17.5. The Morgan fingerprint density at radius 3 is 2.34 bits per heavy atom. The highest BCUT2D eigenvalue weighted by atomic mass is 32.1. The predicted molar refractivity (Wildman–Crippen MR) is 124 cm³/mol. The quantitative estimate of drug-likeness (QED) is 0.656. The van der Waals surface area contributed by atoms with Crippen LogP contribution in [0, 0.1) is 13.8 Å². The summed E-state index contributed by atoms with van der Waals surface area (Å²) in [5.41, 5.74) is 6.99. The van der Waals surface area contributed by atoms with Crippen molar-refractivity contribution in [1.82, 2.24) is 14.9 Å². The summed E-state index contributed by atoms with van der Waals surface area (Å²) in [4.78, 5) is 8.97. The Hall–Kier alpha value is -2.86. The second-order valence-corrected chi connectivity index (χ2v) is 8.18. The van der Waals surface area contributed by atoms with Gasteiger partial charge in [-0.25, -0.2) is 0 Å². The molecule has 0 radical (unpaired) electrons. The summed E-state index contributed by atoms with van der Waals surface area (Å²) in [6.45, 7) is 4.32. The number of thiocarbonyl (C=S) groups is 1. The molecule has 0 bridgehead atoms. The molecule has 0 spiro atoms. The van der Waals surface area contributed by atoms with Crippen LogP contribution in [0.25, 0.3) is 0 Å². The van der Waals surface area contributed by atoms with Gasteiger partial charge in [0.1, 0.15) is 0 Å². The predicted octanol–water partition coefficient (Wildman–Crippen LogP) is 4.28. The first-order valence-electron chi connectivity index (χ1n) is 9.79. The van der Waals surface area contributed by atoms with E-state index in [2.05, 4.69) is 82.0 Å². The lowest BCUT2D eigenvalue weighted by Crippen LogP contribution is -2.29. The highest BCUT2D eigenvalue weighted by Crippen LogP contribution is 2.43. The third-order valence-corrected chi connectivity index (χ3v) is 6.19. The lowest BCUT2D eigenvalue weighted by Gasteiger charge is -2.28. The highest BCUT2D eigenvalue weighted by molar-refractivity contribution is 7.80. The molecule has 6 heteroatoms. The molecule has 0 saturated carbocycles. The average Bonchev–Trinajstić information content (AvgIpc) is 3.20. The summed E-state index contributed by atoms with van der Waals surface area (Å²) in [6, 6.07) is 16.9. The Balaban J connectivity index is 1.84. The zero-order valence-corrected chi connectivity index (χ0v) is 18.4. The molecule has 2 atom stereocenters. The number of hydrogen-bond acceptors (Lipinski definition) is 3. The minimum Gasteiger partial charge on any atom is -0.378 e. The van der Waals surface area contributed by atoms with Gasteiger partial charge in [0.05, 0.1) is 17.8 Å². The maximum absolute atomic E-state index is 5.81. The van der Waals surface area contributed by atoms with E-state index >= 15 is 0 Å². The fraction of sp³-hybridized carbons (Fsp3) is 0.304. The number of nitrogens with one attached hydrogen (secondary N) is 1. The molecular formula is C23H27N5S. The minimum absolute atomic E-state index is 0.0160. The van der Waals surface area contributed by atoms with Crippen LogP contribution in [0.5, 0.6) is 0 Å². The van der Waals surface area contributed by atoms with Gasteiger partial charge in [0.25, 0.3) is 0 Å². The van der Waals surface area contributed by atoms with Gasteiger partial charge in [-0.1, -0.05) is 6.07 Å². The minimum atomic E-state index is -0.0160. The lowest BCUT2D eigenvalue weighted by molar-refractivity contribution is 0.564. The first-order valence-corrected chi connectivity index (χ1v) is 10.2. The highest BCUT2D eigenvalue weighted by Gasteiger charge is 2.42. The van der Waals surface area contributed by atoms with E-state index in [-0.39, 0.29) is 12.1 Å². The van der Waals surface area contributed by atoms with Crippen LogP contribution in [0.1, 0.15) is 34.7 Å². The van der Waals surface area contributed by atoms with E-state index in [1.165, 1.54) is 17.0 Å². The molecule has 1 aliphatic rings. The van der Waals surface area contributed by atoms with Crippen LogP contribution >= 0.6 is 12.2 Å². The van der Waals surface area contributed by atoms with Gasteiger partial charge in [0, 0.05) is 50.1 Å². The Morgan fingerprint density at radius 2 is 1.79 bits per heavy atom. The van der Waals surface area contributed by atoms with E-state index < -0.39 is 0 Å². The van der Waals surface area contributed by atoms with Crippen molar-refractivity contribution in [2.24, 2.45) is 7.05 Å². The molecule has 1 aromatic carbocycles. The Bertz CT molecular complexity index is 1020. The summed E-state index contributed by atoms with van der Waals surface area (Å²) in [6.07, 6.45) is 1.84. The van der Waals surface area contributed by atoms with Crippen molar-refractivity contribution >= 4 is 28.7 Å². The number of aryl methyl sites for hydroxylation is 1. The molecule has 29 heavy (non-hydrogen) atoms. The van der Waals surface area contributed by atoms with Gasteiger partial charge in [-0.3, -0.25) is 4.98 Å². The molecule has 150 valence electrons. The Morgan fingerprint density at radius 1 is 1.07 bits per heavy atom. The number of anilines is 2. The summed E-state index contributed by atoms with van der Waals surface area (Å²) in [7, 11) is 6.21. The monoisotopic (exact) mass is 405 g/mol. The Labute approximate surface area is 178 Å². The summed E-state index contributed by atoms with van der Waals surface area (Å²) < 4.78 is 2.24. The third-order valence-electron chi connectivity index (χ3n) is 5.88. The molecule has 1 N–H and O–H groups in total. The largest absolute Gasteiger partial charge is 0.378 e. The van der Waals surface area contributed by atoms with Crippen molar-refractivity contribution in [2.45, 2.75) is 25.9 Å². The van der Waals surface area contributed by atoms with Crippen molar-refractivity contribution < 1.29 is 0 Å². The van der Waals surface area contributed by atoms with Crippen LogP contribution in [-0.2, 0) is 7.05 Å². The Kier molecular flexibility index (Phi) is 5.04. The molecule has 1 fully saturated rings. The van der Waals surface area contributed by atoms with Crippen molar-refractivity contribution in [3.63, 3.8) is 0 Å². The van der Waals surface area contributed by atoms with E-state index in [9.17, 15) is 0 Å². The van der Waals surface area contributed by atoms with E-state index in [0.29, 0.717) is 0 Å². The summed E-state index contributed by atoms with van der Waals surface area (Å²) in [5.74, 6) is 0. The van der Waals surface area contributed by atoms with Crippen molar-refractivity contribution in [2.75, 3.05) is 23.9 Å². The van der Waals surface area contributed by atoms with Gasteiger partial charge in [-0.15, -0.1) is 0 Å². The standard InChI is InChI=1S/C23H27N5S/c1-15-14-19(16(2)27(15)5)22-21(20-8-6-7-13-24-20)25-23(29)28(22)18-11-9-17(10-12-18)26(3)4/h6-14,21-22H,1-5H3,(H,25,29)/t21-,22+/m0/s1. The third kappa shape index (κ3) is 3.38. The van der Waals surface area contributed by atoms with Gasteiger partial charge >= 0.3 is 0 Å². The lowest BCUT2D eigenvalue weighted by atomic mass is 9.96. The number of aromatic nitrogens is 2. The van der Waals surface area contributed by atoms with Crippen molar-refractivity contribution in [1.29, 1.82) is 0 Å². The van der Waals surface area contributed by atoms with Crippen molar-refractivity contribution in [3.05, 3.63) is 77.4 Å². The number of pyridine rings is 1. The second kappa shape index (κ2) is 7.52. The van der Waals surface area contributed by atoms with Crippen LogP contribution in [0.15, 0.2) is 54.7 Å². The molecular weight excluding hydrogens is 378 g/mol. The normalized spacial score (nSPS) is 18.8. The fourth-order valence-electron chi connectivity index (χ4n) is 4.04. The first kappa shape index (κ1) is 19.5. The molecule has 0 amide bonds. The van der Waals surface area contributed by atoms with Gasteiger partial charge in [0.15, 0.2) is 5.11 Å². The summed E-state index contributed by atoms with van der Waals surface area (Å²) in [5, 5.41) is 4.26. The van der Waals surface area contributed by atoms with Crippen LogP contribution in [0.3, 0.4) is 0 Å². The fourth-order valence-corrected chi connectivity index (χ4v) is 4.39. The molecule has 0 unspecified atom stereocenters. The molecule has 5 nitrogen and oxygen atoms in total. The van der Waals surface area contributed by atoms with Gasteiger partial charge < -0.3 is 19.7 Å². The number of hydrogen-bond donors (Lipinski definition) is 1. The number of nitrogens with zero attached hydrogens (tertiary/aromatic N) is 4. The van der Waals surface area contributed by atoms with E-state index in [0.717, 1.165) is 22.2 Å². The molecule has 0 aliphatic carbocycles. The SMILES string of the molecule is Cc1cc([C@@H]2[C@H](c3ccccn3)NC(=S)N2c2ccc(N(C)C)cc2)c(C)n1C. The smallest absolute Gasteiger partial charge is 0.174 e. The zero-order chi connectivity index (χ0) is 20.7. The molecule has 3 heterocycles. The molecule has 3 aromatic rings. The van der Waals surface area contributed by atoms with Crippen LogP contribution in [0.4, 0.5) is 11.4 Å². The van der Waals surface area contributed by atoms with Gasteiger partial charge in [-0.05, 0) is 74.1 Å². The van der Waals surface area contributed by atoms with E-state index in [1.54, 1.807) is 0 Å². The number of benzene rings is 1. The molecule has 2 aromatic heterocycles.